The molecule has 0 spiro atoms. The summed E-state index contributed by atoms with van der Waals surface area (Å²) in [5.74, 6) is 0. The highest BCUT2D eigenvalue weighted by Gasteiger charge is 2.45. The van der Waals surface area contributed by atoms with E-state index in [1.54, 1.807) is 0 Å². The van der Waals surface area contributed by atoms with E-state index >= 15 is 0 Å². The fraction of sp³-hybridized carbons (Fsp3) is 0.154. The fourth-order valence-corrected chi connectivity index (χ4v) is 6.25. The molecule has 0 aromatic heterocycles. The molecular formula is C39H37N2+. The topological polar surface area (TPSA) is 6.25 Å². The molecule has 4 aromatic rings. The fourth-order valence-electron chi connectivity index (χ4n) is 6.25. The van der Waals surface area contributed by atoms with Crippen molar-refractivity contribution in [2.45, 2.75) is 38.5 Å². The van der Waals surface area contributed by atoms with E-state index in [2.05, 4.69) is 189 Å². The third-order valence-electron chi connectivity index (χ3n) is 8.38. The van der Waals surface area contributed by atoms with E-state index < -0.39 is 0 Å². The highest BCUT2D eigenvalue weighted by atomic mass is 15.2. The molecule has 0 saturated heterocycles. The van der Waals surface area contributed by atoms with E-state index in [0.717, 1.165) is 0 Å². The minimum absolute atomic E-state index is 0.0962. The Kier molecular flexibility index (Phi) is 6.93. The van der Waals surface area contributed by atoms with Crippen LogP contribution in [0.1, 0.15) is 38.8 Å². The Morgan fingerprint density at radius 2 is 1.15 bits per heavy atom. The standard InChI is InChI=1S/C39H37N2/c1-38(2)32-24-16-18-26-34(32)40(30-20-10-8-11-21-30)36(38)28-14-6-5-7-15-29-37-39(3,4)33-25-17-19-27-35(33)41(37)31-22-12-9-13-23-31/h5-29H,1-4H3/q+1. The maximum absolute atomic E-state index is 2.39. The Labute approximate surface area is 244 Å². The molecule has 6 rings (SSSR count). The van der Waals surface area contributed by atoms with Crippen LogP contribution in [0.25, 0.3) is 0 Å². The molecule has 2 heterocycles. The van der Waals surface area contributed by atoms with E-state index in [4.69, 9.17) is 0 Å². The number of rotatable bonds is 6. The van der Waals surface area contributed by atoms with Gasteiger partial charge in [-0.3, -0.25) is 0 Å². The van der Waals surface area contributed by atoms with Crippen molar-refractivity contribution < 1.29 is 0 Å². The molecule has 41 heavy (non-hydrogen) atoms. The molecular weight excluding hydrogens is 496 g/mol. The van der Waals surface area contributed by atoms with Crippen LogP contribution in [0.3, 0.4) is 0 Å². The van der Waals surface area contributed by atoms with Gasteiger partial charge in [-0.2, -0.15) is 4.58 Å². The number of hydrogen-bond donors (Lipinski definition) is 0. The lowest BCUT2D eigenvalue weighted by Gasteiger charge is -2.27. The molecule has 0 atom stereocenters. The zero-order valence-electron chi connectivity index (χ0n) is 24.3. The van der Waals surface area contributed by atoms with Crippen LogP contribution in [0.5, 0.6) is 0 Å². The molecule has 2 nitrogen and oxygen atoms in total. The summed E-state index contributed by atoms with van der Waals surface area (Å²) in [6.45, 7) is 9.24. The van der Waals surface area contributed by atoms with Crippen LogP contribution in [0, 0.1) is 0 Å². The average Bonchev–Trinajstić information content (AvgIpc) is 3.36. The quantitative estimate of drug-likeness (QED) is 0.177. The van der Waals surface area contributed by atoms with E-state index in [-0.39, 0.29) is 10.8 Å². The van der Waals surface area contributed by atoms with Crippen LogP contribution in [-0.2, 0) is 10.8 Å². The van der Waals surface area contributed by atoms with Crippen LogP contribution >= 0.6 is 0 Å². The smallest absolute Gasteiger partial charge is 0.215 e. The van der Waals surface area contributed by atoms with Crippen molar-refractivity contribution in [3.8, 4) is 0 Å². The molecule has 2 heteroatoms. The molecule has 202 valence electrons. The van der Waals surface area contributed by atoms with Gasteiger partial charge in [0, 0.05) is 52.3 Å². The molecule has 0 radical (unpaired) electrons. The molecule has 2 aliphatic heterocycles. The normalized spacial score (nSPS) is 18.2. The number of nitrogens with zero attached hydrogens (tertiary/aromatic N) is 2. The largest absolute Gasteiger partial charge is 0.313 e. The van der Waals surface area contributed by atoms with E-state index in [9.17, 15) is 0 Å². The first-order valence-electron chi connectivity index (χ1n) is 14.4. The number of hydrogen-bond acceptors (Lipinski definition) is 1. The zero-order valence-corrected chi connectivity index (χ0v) is 24.3. The Bertz CT molecular complexity index is 1710. The maximum atomic E-state index is 2.39. The number of benzene rings is 4. The van der Waals surface area contributed by atoms with Crippen molar-refractivity contribution in [1.82, 2.24) is 4.58 Å². The highest BCUT2D eigenvalue weighted by Crippen LogP contribution is 2.51. The van der Waals surface area contributed by atoms with E-state index in [1.807, 2.05) is 0 Å². The molecule has 0 N–H and O–H groups in total. The summed E-state index contributed by atoms with van der Waals surface area (Å²) in [5, 5.41) is 0. The molecule has 2 aliphatic rings. The van der Waals surface area contributed by atoms with Gasteiger partial charge in [0.05, 0.1) is 5.41 Å². The van der Waals surface area contributed by atoms with Gasteiger partial charge in [-0.05, 0) is 43.7 Å². The molecule has 0 unspecified atom stereocenters. The molecule has 0 amide bonds. The lowest BCUT2D eigenvalue weighted by Crippen LogP contribution is -2.27. The van der Waals surface area contributed by atoms with E-state index in [1.165, 1.54) is 45.3 Å². The molecule has 0 fully saturated rings. The summed E-state index contributed by atoms with van der Waals surface area (Å²) >= 11 is 0. The van der Waals surface area contributed by atoms with Crippen LogP contribution < -0.4 is 9.48 Å². The van der Waals surface area contributed by atoms with Crippen LogP contribution in [0.15, 0.2) is 157 Å². The SMILES string of the molecule is CC1(C)C(/C=C/C=C/C=C/C=C2\N(c3ccccc3)c3ccccc3C2(C)C)=[N+](c2ccccc2)c2ccccc21. The predicted octanol–water partition coefficient (Wildman–Crippen LogP) is 9.94. The third kappa shape index (κ3) is 4.70. The van der Waals surface area contributed by atoms with Crippen molar-refractivity contribution in [1.29, 1.82) is 0 Å². The van der Waals surface area contributed by atoms with Crippen LogP contribution in [-0.4, -0.2) is 5.71 Å². The summed E-state index contributed by atoms with van der Waals surface area (Å²) in [6, 6.07) is 38.7. The number of para-hydroxylation sites is 4. The summed E-state index contributed by atoms with van der Waals surface area (Å²) < 4.78 is 2.39. The average molecular weight is 534 g/mol. The Hall–Kier alpha value is -4.69. The lowest BCUT2D eigenvalue weighted by molar-refractivity contribution is 0.644. The maximum Gasteiger partial charge on any atom is 0.215 e. The first-order valence-corrected chi connectivity index (χ1v) is 14.4. The van der Waals surface area contributed by atoms with Crippen molar-refractivity contribution in [3.63, 3.8) is 0 Å². The monoisotopic (exact) mass is 533 g/mol. The first-order chi connectivity index (χ1) is 19.9. The summed E-state index contributed by atoms with van der Waals surface area (Å²) in [6.07, 6.45) is 15.2. The van der Waals surface area contributed by atoms with Gasteiger partial charge in [0.25, 0.3) is 0 Å². The summed E-state index contributed by atoms with van der Waals surface area (Å²) in [4.78, 5) is 2.39. The van der Waals surface area contributed by atoms with Gasteiger partial charge in [0.2, 0.25) is 11.4 Å². The van der Waals surface area contributed by atoms with Gasteiger partial charge in [-0.1, -0.05) is 117 Å². The first kappa shape index (κ1) is 26.5. The number of allylic oxidation sites excluding steroid dienone is 8. The Balaban J connectivity index is 1.27. The van der Waals surface area contributed by atoms with Gasteiger partial charge in [0.15, 0.2) is 5.71 Å². The molecule has 4 aromatic carbocycles. The minimum atomic E-state index is -0.0962. The van der Waals surface area contributed by atoms with Gasteiger partial charge in [0.1, 0.15) is 0 Å². The summed E-state index contributed by atoms with van der Waals surface area (Å²) in [7, 11) is 0. The van der Waals surface area contributed by atoms with Crippen molar-refractivity contribution in [3.05, 3.63) is 169 Å². The second-order valence-electron chi connectivity index (χ2n) is 11.7. The molecule has 0 bridgehead atoms. The molecule has 0 saturated carbocycles. The highest BCUT2D eigenvalue weighted by molar-refractivity contribution is 6.10. The van der Waals surface area contributed by atoms with Crippen molar-refractivity contribution in [2.75, 3.05) is 4.90 Å². The number of fused-ring (bicyclic) bond motifs is 2. The summed E-state index contributed by atoms with van der Waals surface area (Å²) in [5.41, 5.74) is 9.91. The van der Waals surface area contributed by atoms with Gasteiger partial charge in [-0.15, -0.1) is 0 Å². The Morgan fingerprint density at radius 1 is 0.561 bits per heavy atom. The number of anilines is 2. The molecule has 0 aliphatic carbocycles. The van der Waals surface area contributed by atoms with Gasteiger partial charge >= 0.3 is 0 Å². The third-order valence-corrected chi connectivity index (χ3v) is 8.38. The van der Waals surface area contributed by atoms with Gasteiger partial charge in [-0.25, -0.2) is 0 Å². The van der Waals surface area contributed by atoms with Gasteiger partial charge < -0.3 is 4.90 Å². The van der Waals surface area contributed by atoms with Crippen molar-refractivity contribution >= 4 is 28.5 Å². The minimum Gasteiger partial charge on any atom is -0.313 e. The predicted molar refractivity (Wildman–Crippen MR) is 176 cm³/mol. The Morgan fingerprint density at radius 3 is 1.90 bits per heavy atom. The van der Waals surface area contributed by atoms with Crippen LogP contribution in [0.2, 0.25) is 0 Å². The van der Waals surface area contributed by atoms with E-state index in [0.29, 0.717) is 0 Å². The second kappa shape index (κ2) is 10.7. The van der Waals surface area contributed by atoms with Crippen LogP contribution in [0.4, 0.5) is 22.7 Å². The lowest BCUT2D eigenvalue weighted by atomic mass is 9.81. The van der Waals surface area contributed by atoms with Crippen molar-refractivity contribution in [2.24, 2.45) is 0 Å². The second-order valence-corrected chi connectivity index (χ2v) is 11.7. The zero-order chi connectivity index (χ0) is 28.5.